The molecule has 0 unspecified atom stereocenters. The highest BCUT2D eigenvalue weighted by atomic mass is 32.2. The molecule has 0 atom stereocenters. The van der Waals surface area contributed by atoms with Crippen molar-refractivity contribution in [3.63, 3.8) is 0 Å². The Morgan fingerprint density at radius 2 is 1.02 bits per heavy atom. The van der Waals surface area contributed by atoms with E-state index in [-0.39, 0.29) is 0 Å². The molecule has 1 aliphatic rings. The molecule has 53 heavy (non-hydrogen) atoms. The van der Waals surface area contributed by atoms with E-state index in [1.165, 1.54) is 47.4 Å². The molecule has 1 aromatic heterocycles. The fourth-order valence-electron chi connectivity index (χ4n) is 7.16. The lowest BCUT2D eigenvalue weighted by atomic mass is 10.0. The van der Waals surface area contributed by atoms with Crippen LogP contribution in [-0.2, 0) is 0 Å². The molecular formula is C49H36N2S2. The zero-order valence-corrected chi connectivity index (χ0v) is 30.7. The van der Waals surface area contributed by atoms with E-state index >= 15 is 0 Å². The van der Waals surface area contributed by atoms with Crippen LogP contribution in [0.2, 0.25) is 0 Å². The maximum absolute atomic E-state index is 4.41. The van der Waals surface area contributed by atoms with Gasteiger partial charge in [0.05, 0.1) is 16.1 Å². The lowest BCUT2D eigenvalue weighted by molar-refractivity contribution is 1.22. The first-order valence-corrected chi connectivity index (χ1v) is 19.6. The first kappa shape index (κ1) is 32.8. The van der Waals surface area contributed by atoms with E-state index in [1.54, 1.807) is 0 Å². The Kier molecular flexibility index (Phi) is 8.98. The van der Waals surface area contributed by atoms with Gasteiger partial charge >= 0.3 is 0 Å². The van der Waals surface area contributed by atoms with Crippen LogP contribution >= 0.6 is 23.1 Å². The van der Waals surface area contributed by atoms with Gasteiger partial charge in [-0.05, 0) is 89.0 Å². The SMILES string of the molecule is C=C1/C=C\C=C/CSc2c1cccc2N(c1ccccc1)c1ccc(-c2ccc(N(c3ccccc3)c3cccc4c3sc3ccccc34)cc2)cc1. The fourth-order valence-corrected chi connectivity index (χ4v) is 9.40. The van der Waals surface area contributed by atoms with Crippen molar-refractivity contribution in [2.24, 2.45) is 0 Å². The van der Waals surface area contributed by atoms with Crippen LogP contribution in [0.5, 0.6) is 0 Å². The monoisotopic (exact) mass is 716 g/mol. The molecular weight excluding hydrogens is 681 g/mol. The molecule has 2 heterocycles. The fraction of sp³-hybridized carbons (Fsp3) is 0.0204. The van der Waals surface area contributed by atoms with Crippen LogP contribution in [0, 0.1) is 0 Å². The summed E-state index contributed by atoms with van der Waals surface area (Å²) in [5.74, 6) is 0.889. The van der Waals surface area contributed by atoms with E-state index in [9.17, 15) is 0 Å². The zero-order chi connectivity index (χ0) is 35.6. The third-order valence-electron chi connectivity index (χ3n) is 9.69. The highest BCUT2D eigenvalue weighted by Gasteiger charge is 2.21. The van der Waals surface area contributed by atoms with Crippen molar-refractivity contribution < 1.29 is 0 Å². The van der Waals surface area contributed by atoms with E-state index in [0.717, 1.165) is 39.8 Å². The Morgan fingerprint density at radius 3 is 1.70 bits per heavy atom. The quantitative estimate of drug-likeness (QED) is 0.162. The summed E-state index contributed by atoms with van der Waals surface area (Å²) in [6.45, 7) is 4.41. The van der Waals surface area contributed by atoms with Crippen molar-refractivity contribution in [3.8, 4) is 11.1 Å². The molecule has 1 aliphatic heterocycles. The summed E-state index contributed by atoms with van der Waals surface area (Å²) >= 11 is 3.71. The molecule has 7 aromatic carbocycles. The van der Waals surface area contributed by atoms with Crippen LogP contribution in [0.1, 0.15) is 5.56 Å². The molecule has 0 aliphatic carbocycles. The third kappa shape index (κ3) is 6.37. The van der Waals surface area contributed by atoms with Gasteiger partial charge in [-0.1, -0.05) is 134 Å². The summed E-state index contributed by atoms with van der Waals surface area (Å²) in [5.41, 5.74) is 11.3. The second kappa shape index (κ2) is 14.5. The molecule has 8 aromatic rings. The number of fused-ring (bicyclic) bond motifs is 4. The maximum atomic E-state index is 4.41. The van der Waals surface area contributed by atoms with Crippen molar-refractivity contribution in [1.29, 1.82) is 0 Å². The molecule has 254 valence electrons. The number of nitrogens with zero attached hydrogens (tertiary/aromatic N) is 2. The second-order valence-corrected chi connectivity index (χ2v) is 15.0. The van der Waals surface area contributed by atoms with Crippen LogP contribution in [0.4, 0.5) is 34.1 Å². The largest absolute Gasteiger partial charge is 0.309 e. The number of benzene rings is 7. The predicted molar refractivity (Wildman–Crippen MR) is 232 cm³/mol. The molecule has 4 heteroatoms. The molecule has 0 saturated heterocycles. The van der Waals surface area contributed by atoms with Crippen molar-refractivity contribution in [3.05, 3.63) is 206 Å². The van der Waals surface area contributed by atoms with Gasteiger partial charge < -0.3 is 9.80 Å². The first-order chi connectivity index (χ1) is 26.2. The number of thioether (sulfide) groups is 1. The normalized spacial score (nSPS) is 13.8. The minimum atomic E-state index is 0.889. The molecule has 0 bridgehead atoms. The van der Waals surface area contributed by atoms with Crippen molar-refractivity contribution in [1.82, 2.24) is 0 Å². The highest BCUT2D eigenvalue weighted by Crippen LogP contribution is 2.46. The Bertz CT molecular complexity index is 2620. The molecule has 0 fully saturated rings. The van der Waals surface area contributed by atoms with Crippen LogP contribution < -0.4 is 9.80 Å². The first-order valence-electron chi connectivity index (χ1n) is 17.8. The summed E-state index contributed by atoms with van der Waals surface area (Å²) < 4.78 is 2.59. The summed E-state index contributed by atoms with van der Waals surface area (Å²) in [4.78, 5) is 5.98. The van der Waals surface area contributed by atoms with Gasteiger partial charge in [0.2, 0.25) is 0 Å². The van der Waals surface area contributed by atoms with Crippen LogP contribution in [0.15, 0.2) is 206 Å². The van der Waals surface area contributed by atoms with Gasteiger partial charge in [0.1, 0.15) is 0 Å². The minimum Gasteiger partial charge on any atom is -0.309 e. The van der Waals surface area contributed by atoms with Gasteiger partial charge in [0.25, 0.3) is 0 Å². The third-order valence-corrected chi connectivity index (χ3v) is 12.0. The Hall–Kier alpha value is -6.07. The summed E-state index contributed by atoms with van der Waals surface area (Å²) in [5, 5.41) is 2.60. The van der Waals surface area contributed by atoms with Crippen molar-refractivity contribution in [2.45, 2.75) is 4.90 Å². The molecule has 0 radical (unpaired) electrons. The smallest absolute Gasteiger partial charge is 0.0640 e. The average molecular weight is 717 g/mol. The maximum Gasteiger partial charge on any atom is 0.0640 e. The summed E-state index contributed by atoms with van der Waals surface area (Å²) in [6.07, 6.45) is 8.49. The number of para-hydroxylation sites is 2. The van der Waals surface area contributed by atoms with Gasteiger partial charge in [-0.25, -0.2) is 0 Å². The van der Waals surface area contributed by atoms with Gasteiger partial charge in [-0.3, -0.25) is 0 Å². The van der Waals surface area contributed by atoms with Gasteiger partial charge in [0.15, 0.2) is 0 Å². The van der Waals surface area contributed by atoms with E-state index in [4.69, 9.17) is 0 Å². The Morgan fingerprint density at radius 1 is 0.472 bits per heavy atom. The molecule has 0 N–H and O–H groups in total. The number of thiophene rings is 1. The van der Waals surface area contributed by atoms with Gasteiger partial charge in [0, 0.05) is 48.9 Å². The van der Waals surface area contributed by atoms with Gasteiger partial charge in [-0.2, -0.15) is 0 Å². The molecule has 0 spiro atoms. The van der Waals surface area contributed by atoms with E-state index in [0.29, 0.717) is 0 Å². The number of rotatable bonds is 7. The lowest BCUT2D eigenvalue weighted by Gasteiger charge is -2.29. The highest BCUT2D eigenvalue weighted by molar-refractivity contribution is 7.99. The van der Waals surface area contributed by atoms with E-state index in [2.05, 4.69) is 211 Å². The predicted octanol–water partition coefficient (Wildman–Crippen LogP) is 14.9. The average Bonchev–Trinajstić information content (AvgIpc) is 3.64. The van der Waals surface area contributed by atoms with Gasteiger partial charge in [-0.15, -0.1) is 23.1 Å². The van der Waals surface area contributed by atoms with Crippen molar-refractivity contribution >= 4 is 83.0 Å². The lowest BCUT2D eigenvalue weighted by Crippen LogP contribution is -2.11. The van der Waals surface area contributed by atoms with E-state index < -0.39 is 0 Å². The van der Waals surface area contributed by atoms with Crippen molar-refractivity contribution in [2.75, 3.05) is 15.6 Å². The molecule has 0 saturated carbocycles. The number of hydrogen-bond donors (Lipinski definition) is 0. The number of hydrogen-bond acceptors (Lipinski definition) is 4. The van der Waals surface area contributed by atoms with Crippen LogP contribution in [0.25, 0.3) is 36.9 Å². The summed E-state index contributed by atoms with van der Waals surface area (Å²) in [7, 11) is 0. The van der Waals surface area contributed by atoms with Crippen LogP contribution in [-0.4, -0.2) is 5.75 Å². The standard InChI is InChI=1S/C49H36N2S2/c1-35-15-5-4-12-34-52-48-42(35)21-13-23-45(48)50(38-16-6-2-7-17-38)40-30-26-36(27-31-40)37-28-32-41(33-29-37)51(39-18-8-3-9-19-39)46-24-14-22-44-43-20-10-11-25-47(43)53-49(44)46/h2-33H,1,34H2/b12-4-,15-5-. The molecule has 2 nitrogen and oxygen atoms in total. The minimum absolute atomic E-state index is 0.889. The van der Waals surface area contributed by atoms with Crippen LogP contribution in [0.3, 0.4) is 0 Å². The summed E-state index contributed by atoms with van der Waals surface area (Å²) in [6, 6.07) is 61.2. The topological polar surface area (TPSA) is 6.48 Å². The van der Waals surface area contributed by atoms with E-state index in [1.807, 2.05) is 23.1 Å². The number of allylic oxidation sites excluding steroid dienone is 4. The number of anilines is 6. The molecule has 0 amide bonds. The Labute approximate surface area is 319 Å². The zero-order valence-electron chi connectivity index (χ0n) is 29.1. The molecule has 9 rings (SSSR count). The Balaban J connectivity index is 1.08. The second-order valence-electron chi connectivity index (χ2n) is 13.0.